The van der Waals surface area contributed by atoms with Crippen LogP contribution in [0.25, 0.3) is 0 Å². The molecular weight excluding hydrogens is 644 g/mol. The Bertz CT molecular complexity index is 1550. The largest absolute Gasteiger partial charge is 0.508 e. The molecule has 51 heavy (non-hydrogen) atoms. The summed E-state index contributed by atoms with van der Waals surface area (Å²) in [5, 5.41) is 13.4. The zero-order valence-electron chi connectivity index (χ0n) is 29.0. The maximum atomic E-state index is 14.2. The highest BCUT2D eigenvalue weighted by Crippen LogP contribution is 2.46. The molecule has 262 valence electrons. The van der Waals surface area contributed by atoms with Crippen LogP contribution in [0.2, 0.25) is 10.4 Å². The first-order chi connectivity index (χ1) is 23.6. The van der Waals surface area contributed by atoms with E-state index < -0.39 is 70.6 Å². The van der Waals surface area contributed by atoms with Crippen LogP contribution >= 0.6 is 0 Å². The average molecular weight is 689 g/mol. The van der Waals surface area contributed by atoms with Gasteiger partial charge in [-0.1, -0.05) is 35.5 Å². The van der Waals surface area contributed by atoms with E-state index >= 15 is 0 Å². The third-order valence-corrected chi connectivity index (χ3v) is 8.48. The summed E-state index contributed by atoms with van der Waals surface area (Å²) in [5.74, 6) is -3.83. The second-order valence-electron chi connectivity index (χ2n) is 12.9. The number of phenolic OH excluding ortho intramolecular Hbond substituents is 1. The molecule has 0 unspecified atom stereocenters. The van der Waals surface area contributed by atoms with E-state index in [0.717, 1.165) is 0 Å². The van der Waals surface area contributed by atoms with E-state index in [4.69, 9.17) is 67.9 Å². The van der Waals surface area contributed by atoms with E-state index in [2.05, 4.69) is 20.9 Å². The van der Waals surface area contributed by atoms with Gasteiger partial charge in [-0.25, -0.2) is 0 Å². The van der Waals surface area contributed by atoms with Gasteiger partial charge in [0.25, 0.3) is 0 Å². The third-order valence-electron chi connectivity index (χ3n) is 8.48. The summed E-state index contributed by atoms with van der Waals surface area (Å²) in [6.07, 6.45) is -0.457. The highest BCUT2D eigenvalue weighted by molar-refractivity contribution is 6.54. The minimum Gasteiger partial charge on any atom is -0.508 e. The van der Waals surface area contributed by atoms with Crippen molar-refractivity contribution in [1.29, 1.82) is 0 Å². The number of nitrogens with zero attached hydrogens (tertiary/aromatic N) is 1. The standard InChI is InChI=1S/C32H44B5N9O5/c1-17-11-20(47)12-18(2)21(17)14-24(44-26(49)22(39)9-6-10-43-29(41)42)27(50)46-30(33,15-31(34,35)32(36,37)16-38)28(51)45-23(25(40)48)13-19-7-4-3-5-8-19/h3-5,7-8,11-12,22-24,47H,6,9-10,13-16,38-39H2,1-2H3,(H2,40,48)(H,44,49)(H,45,51)(H,46,50)(H4,41,42,43)/t22-,23+,24+,30+/m1/s1. The van der Waals surface area contributed by atoms with Crippen LogP contribution in [-0.4, -0.2) is 111 Å². The monoisotopic (exact) mass is 689 g/mol. The number of aliphatic imine (C=N–C) groups is 1. The van der Waals surface area contributed by atoms with E-state index in [1.54, 1.807) is 44.2 Å². The highest BCUT2D eigenvalue weighted by atomic mass is 16.3. The lowest BCUT2D eigenvalue weighted by molar-refractivity contribution is -0.135. The molecule has 4 atom stereocenters. The fraction of sp³-hybridized carbons (Fsp3) is 0.469. The van der Waals surface area contributed by atoms with Gasteiger partial charge in [0, 0.05) is 19.4 Å². The van der Waals surface area contributed by atoms with Gasteiger partial charge < -0.3 is 49.7 Å². The smallest absolute Gasteiger partial charge is 0.243 e. The summed E-state index contributed by atoms with van der Waals surface area (Å²) in [6.45, 7) is 3.17. The number of rotatable bonds is 19. The molecule has 0 aliphatic carbocycles. The molecule has 0 aromatic heterocycles. The number of aryl methyl sites for hydroxylation is 2. The van der Waals surface area contributed by atoms with Crippen LogP contribution in [0.15, 0.2) is 47.5 Å². The van der Waals surface area contributed by atoms with Crippen molar-refractivity contribution in [2.75, 3.05) is 13.1 Å². The van der Waals surface area contributed by atoms with Crippen molar-refractivity contribution in [1.82, 2.24) is 16.0 Å². The number of hydrogen-bond donors (Lipinski definition) is 9. The van der Waals surface area contributed by atoms with Gasteiger partial charge in [0.1, 0.15) is 25.7 Å². The van der Waals surface area contributed by atoms with Crippen LogP contribution < -0.4 is 44.6 Å². The number of guanidine groups is 1. The van der Waals surface area contributed by atoms with Gasteiger partial charge >= 0.3 is 0 Å². The first kappa shape index (κ1) is 42.8. The Hall–Kier alpha value is -4.37. The number of benzene rings is 2. The lowest BCUT2D eigenvalue weighted by atomic mass is 9.27. The van der Waals surface area contributed by atoms with Gasteiger partial charge in [-0.05, 0) is 74.0 Å². The lowest BCUT2D eigenvalue weighted by Crippen LogP contribution is -2.67. The Labute approximate surface area is 305 Å². The number of amides is 4. The molecule has 0 heterocycles. The van der Waals surface area contributed by atoms with Gasteiger partial charge in [0.05, 0.1) is 42.9 Å². The molecule has 14 N–H and O–H groups in total. The Morgan fingerprint density at radius 2 is 1.45 bits per heavy atom. The fourth-order valence-corrected chi connectivity index (χ4v) is 5.30. The number of nitrogens with one attached hydrogen (secondary N) is 3. The number of hydrogen-bond acceptors (Lipinski definition) is 8. The lowest BCUT2D eigenvalue weighted by Gasteiger charge is -2.48. The first-order valence-corrected chi connectivity index (χ1v) is 16.1. The van der Waals surface area contributed by atoms with Crippen molar-refractivity contribution >= 4 is 68.8 Å². The van der Waals surface area contributed by atoms with Crippen molar-refractivity contribution in [3.8, 4) is 5.75 Å². The van der Waals surface area contributed by atoms with Crippen LogP contribution in [-0.2, 0) is 32.0 Å². The van der Waals surface area contributed by atoms with Crippen LogP contribution in [0.3, 0.4) is 0 Å². The summed E-state index contributed by atoms with van der Waals surface area (Å²) in [7, 11) is 31.3. The Morgan fingerprint density at radius 3 is 1.98 bits per heavy atom. The zero-order chi connectivity index (χ0) is 38.7. The molecule has 0 aliphatic heterocycles. The maximum absolute atomic E-state index is 14.2. The van der Waals surface area contributed by atoms with Crippen molar-refractivity contribution < 1.29 is 24.3 Å². The van der Waals surface area contributed by atoms with Gasteiger partial charge in [-0.2, -0.15) is 0 Å². The van der Waals surface area contributed by atoms with Crippen molar-refractivity contribution in [3.05, 3.63) is 64.7 Å². The number of aromatic hydroxyl groups is 1. The summed E-state index contributed by atoms with van der Waals surface area (Å²) in [5.41, 5.74) is 28.1. The Morgan fingerprint density at radius 1 is 0.863 bits per heavy atom. The number of carbonyl (C=O) groups is 4. The Kier molecular flexibility index (Phi) is 15.3. The summed E-state index contributed by atoms with van der Waals surface area (Å²) < 4.78 is 0. The molecule has 0 saturated heterocycles. The predicted octanol–water partition coefficient (Wildman–Crippen LogP) is -3.13. The molecule has 0 saturated carbocycles. The molecule has 0 spiro atoms. The first-order valence-electron chi connectivity index (χ1n) is 16.1. The molecule has 4 amide bonds. The normalized spacial score (nSPS) is 14.6. The summed E-state index contributed by atoms with van der Waals surface area (Å²) in [6, 6.07) is 7.85. The zero-order valence-corrected chi connectivity index (χ0v) is 29.0. The molecule has 0 bridgehead atoms. The minimum absolute atomic E-state index is 0.00655. The second-order valence-corrected chi connectivity index (χ2v) is 12.9. The maximum Gasteiger partial charge on any atom is 0.243 e. The topological polar surface area (TPSA) is 267 Å². The summed E-state index contributed by atoms with van der Waals surface area (Å²) in [4.78, 5) is 57.8. The minimum atomic E-state index is -2.52. The van der Waals surface area contributed by atoms with E-state index in [1.807, 2.05) is 0 Å². The molecule has 2 aromatic carbocycles. The van der Waals surface area contributed by atoms with Crippen LogP contribution in [0.1, 0.15) is 41.5 Å². The molecular formula is C32H44B5N9O5. The number of carbonyl (C=O) groups excluding carboxylic acids is 4. The van der Waals surface area contributed by atoms with Crippen molar-refractivity contribution in [2.24, 2.45) is 33.7 Å². The predicted molar refractivity (Wildman–Crippen MR) is 201 cm³/mol. The second kappa shape index (κ2) is 18.2. The van der Waals surface area contributed by atoms with E-state index in [0.29, 0.717) is 28.7 Å². The van der Waals surface area contributed by atoms with Gasteiger partial charge in [-0.3, -0.25) is 24.2 Å². The summed E-state index contributed by atoms with van der Waals surface area (Å²) >= 11 is 0. The Balaban J connectivity index is 2.54. The third kappa shape index (κ3) is 12.4. The highest BCUT2D eigenvalue weighted by Gasteiger charge is 2.45. The number of nitrogens with two attached hydrogens (primary N) is 5. The molecule has 0 fully saturated rings. The SMILES string of the molecule is [B]C([B])(CN)C([B])([B])C[C@]([B])(NC(=O)[C@H](Cc1c(C)cc(O)cc1C)NC(=O)[C@H](N)CCCN=C(N)N)C(=O)N[C@@H](Cc1ccccc1)C(N)=O. The quantitative estimate of drug-likeness (QED) is 0.0312. The molecule has 2 rings (SSSR count). The molecule has 14 nitrogen and oxygen atoms in total. The average Bonchev–Trinajstić information content (AvgIpc) is 3.03. The van der Waals surface area contributed by atoms with Crippen molar-refractivity contribution in [3.63, 3.8) is 0 Å². The molecule has 0 aliphatic rings. The number of primary amides is 1. The van der Waals surface area contributed by atoms with Gasteiger partial charge in [0.15, 0.2) is 5.96 Å². The van der Waals surface area contributed by atoms with Crippen LogP contribution in [0, 0.1) is 13.8 Å². The molecule has 2 aromatic rings. The number of phenols is 1. The van der Waals surface area contributed by atoms with Crippen molar-refractivity contribution in [2.45, 2.75) is 79.9 Å². The van der Waals surface area contributed by atoms with Gasteiger partial charge in [-0.15, -0.1) is 5.21 Å². The van der Waals surface area contributed by atoms with E-state index in [9.17, 15) is 24.3 Å². The van der Waals surface area contributed by atoms with Crippen LogP contribution in [0.5, 0.6) is 5.75 Å². The van der Waals surface area contributed by atoms with E-state index in [-0.39, 0.29) is 37.5 Å². The fourth-order valence-electron chi connectivity index (χ4n) is 5.30. The van der Waals surface area contributed by atoms with Crippen LogP contribution in [0.4, 0.5) is 0 Å². The van der Waals surface area contributed by atoms with Gasteiger partial charge in [0.2, 0.25) is 23.6 Å². The molecule has 19 heteroatoms. The van der Waals surface area contributed by atoms with E-state index in [1.165, 1.54) is 12.1 Å². The molecule has 10 radical (unpaired) electrons.